The number of fused-ring (bicyclic) bond motifs is 4. The van der Waals surface area contributed by atoms with Crippen LogP contribution in [0.15, 0.2) is 72.3 Å². The number of allylic oxidation sites excluding steroid dienone is 1. The molecule has 4 heteroatoms. The van der Waals surface area contributed by atoms with Gasteiger partial charge in [0.05, 0.1) is 0 Å². The zero-order valence-corrected chi connectivity index (χ0v) is 22.2. The summed E-state index contributed by atoms with van der Waals surface area (Å²) in [6, 6.07) is 24.2. The van der Waals surface area contributed by atoms with Crippen LogP contribution < -0.4 is 3.27 Å². The third-order valence-corrected chi connectivity index (χ3v) is 57.3. The number of hydrogen-bond acceptors (Lipinski definition) is 0. The van der Waals surface area contributed by atoms with Gasteiger partial charge in [-0.2, -0.15) is 0 Å². The van der Waals surface area contributed by atoms with Gasteiger partial charge in [-0.25, -0.2) is 0 Å². The van der Waals surface area contributed by atoms with Crippen molar-refractivity contribution >= 4 is 32.3 Å². The van der Waals surface area contributed by atoms with Gasteiger partial charge in [0, 0.05) is 0 Å². The molecule has 0 radical (unpaired) electrons. The molecule has 0 saturated heterocycles. The summed E-state index contributed by atoms with van der Waals surface area (Å²) in [6.07, 6.45) is 3.26. The molecule has 0 heterocycles. The normalized spacial score (nSPS) is 18.6. The van der Waals surface area contributed by atoms with Crippen molar-refractivity contribution in [3.63, 3.8) is 0 Å². The minimum atomic E-state index is -4.44. The van der Waals surface area contributed by atoms with E-state index in [1.807, 2.05) is 0 Å². The molecular weight excluding hydrogens is 490 g/mol. The first-order chi connectivity index (χ1) is 13.8. The van der Waals surface area contributed by atoms with Crippen molar-refractivity contribution in [1.29, 1.82) is 0 Å². The molecule has 1 atom stereocenters. The molecule has 0 saturated carbocycles. The summed E-state index contributed by atoms with van der Waals surface area (Å²) in [4.78, 5) is 0. The predicted molar refractivity (Wildman–Crippen MR) is 128 cm³/mol. The molecule has 3 aromatic rings. The van der Waals surface area contributed by atoms with Gasteiger partial charge in [-0.15, -0.1) is 0 Å². The number of hydrogen-bond donors (Lipinski definition) is 0. The van der Waals surface area contributed by atoms with Crippen molar-refractivity contribution < 1.29 is 15.6 Å². The fourth-order valence-corrected chi connectivity index (χ4v) is 34.2. The zero-order valence-electron chi connectivity index (χ0n) is 17.0. The number of benzene rings is 3. The summed E-state index contributed by atoms with van der Waals surface area (Å²) in [6.45, 7) is 6.99. The van der Waals surface area contributed by atoms with E-state index in [1.165, 1.54) is 42.2 Å². The molecule has 29 heavy (non-hydrogen) atoms. The van der Waals surface area contributed by atoms with Crippen molar-refractivity contribution in [1.82, 2.24) is 0 Å². The summed E-state index contributed by atoms with van der Waals surface area (Å²) >= 11 is -4.44. The first-order valence-electron chi connectivity index (χ1n) is 10.4. The first-order valence-corrected chi connectivity index (χ1v) is 26.5. The molecule has 1 unspecified atom stereocenters. The monoisotopic (exact) mass is 513 g/mol. The third kappa shape index (κ3) is 2.72. The molecule has 0 nitrogen and oxygen atoms in total. The van der Waals surface area contributed by atoms with Crippen LogP contribution in [-0.4, -0.2) is 5.92 Å². The Morgan fingerprint density at radius 2 is 1.55 bits per heavy atom. The van der Waals surface area contributed by atoms with Crippen LogP contribution in [-0.2, 0) is 22.0 Å². The topological polar surface area (TPSA) is 0 Å². The molecule has 0 spiro atoms. The van der Waals surface area contributed by atoms with Crippen LogP contribution in [0.3, 0.4) is 0 Å². The minimum absolute atomic E-state index is 0.179. The fraction of sp³-hybridized carbons (Fsp3) is 0.200. The van der Waals surface area contributed by atoms with E-state index in [2.05, 4.69) is 92.8 Å². The van der Waals surface area contributed by atoms with E-state index in [0.717, 1.165) is 6.42 Å². The van der Waals surface area contributed by atoms with E-state index in [1.54, 1.807) is 0 Å². The Morgan fingerprint density at radius 1 is 0.862 bits per heavy atom. The van der Waals surface area contributed by atoms with Crippen LogP contribution in [0, 0.1) is 0 Å². The number of rotatable bonds is 3. The van der Waals surface area contributed by atoms with Gasteiger partial charge in [-0.1, -0.05) is 0 Å². The Morgan fingerprint density at radius 3 is 2.34 bits per heavy atom. The summed E-state index contributed by atoms with van der Waals surface area (Å²) < 4.78 is 1.50. The van der Waals surface area contributed by atoms with Gasteiger partial charge in [-0.05, 0) is 0 Å². The average Bonchev–Trinajstić information content (AvgIpc) is 3.24. The molecule has 0 bridgehead atoms. The number of halogens is 2. The Hall–Kier alpha value is -0.920. The molecule has 2 aliphatic carbocycles. The average molecular weight is 516 g/mol. The Bertz CT molecular complexity index is 1180. The zero-order chi connectivity index (χ0) is 20.4. The van der Waals surface area contributed by atoms with Crippen LogP contribution in [0.1, 0.15) is 32.8 Å². The van der Waals surface area contributed by atoms with Gasteiger partial charge in [0.25, 0.3) is 0 Å². The van der Waals surface area contributed by atoms with Crippen LogP contribution in [0.4, 0.5) is 0 Å². The summed E-state index contributed by atoms with van der Waals surface area (Å²) in [5.41, 5.74) is 9.45. The van der Waals surface area contributed by atoms with Crippen molar-refractivity contribution in [2.75, 3.05) is 0 Å². The molecule has 0 fully saturated rings. The van der Waals surface area contributed by atoms with Crippen LogP contribution in [0.25, 0.3) is 17.2 Å². The maximum absolute atomic E-state index is 8.01. The molecule has 0 aliphatic heterocycles. The van der Waals surface area contributed by atoms with Crippen molar-refractivity contribution in [3.05, 3.63) is 94.6 Å². The van der Waals surface area contributed by atoms with Crippen LogP contribution in [0.5, 0.6) is 0 Å². The van der Waals surface area contributed by atoms with Crippen molar-refractivity contribution in [3.8, 4) is 11.1 Å². The van der Waals surface area contributed by atoms with E-state index in [4.69, 9.17) is 17.0 Å². The SMILES string of the molecule is CC1=Cc2ccccc2[CH]1[Zr]([Cl])([Cl])([c]1cccc2c1Cc1ccccc1-2)[SiH](C)C. The molecule has 3 aromatic carbocycles. The van der Waals surface area contributed by atoms with Gasteiger partial charge in [0.2, 0.25) is 0 Å². The summed E-state index contributed by atoms with van der Waals surface area (Å²) in [7, 11) is 16.0. The van der Waals surface area contributed by atoms with Gasteiger partial charge in [-0.3, -0.25) is 0 Å². The molecular formula is C25H25Cl2SiZr. The van der Waals surface area contributed by atoms with E-state index >= 15 is 0 Å². The predicted octanol–water partition coefficient (Wildman–Crippen LogP) is 7.02. The van der Waals surface area contributed by atoms with E-state index in [9.17, 15) is 0 Å². The third-order valence-electron chi connectivity index (χ3n) is 7.10. The van der Waals surface area contributed by atoms with Crippen LogP contribution >= 0.6 is 17.0 Å². The molecule has 0 N–H and O–H groups in total. The molecule has 5 rings (SSSR count). The van der Waals surface area contributed by atoms with Gasteiger partial charge < -0.3 is 0 Å². The second-order valence-electron chi connectivity index (χ2n) is 8.92. The van der Waals surface area contributed by atoms with Gasteiger partial charge in [0.15, 0.2) is 0 Å². The summed E-state index contributed by atoms with van der Waals surface area (Å²) in [5.74, 6) is -1.42. The maximum atomic E-state index is 8.01. The van der Waals surface area contributed by atoms with Crippen molar-refractivity contribution in [2.45, 2.75) is 30.1 Å². The van der Waals surface area contributed by atoms with E-state index in [-0.39, 0.29) is 3.63 Å². The quantitative estimate of drug-likeness (QED) is 0.257. The molecule has 2 aliphatic rings. The Labute approximate surface area is 182 Å². The fourth-order valence-electron chi connectivity index (χ4n) is 5.59. The van der Waals surface area contributed by atoms with Crippen molar-refractivity contribution in [2.24, 2.45) is 0 Å². The first kappa shape index (κ1) is 20.0. The molecule has 0 aromatic heterocycles. The molecule has 147 valence electrons. The second kappa shape index (κ2) is 6.79. The van der Waals surface area contributed by atoms with Gasteiger partial charge >= 0.3 is 184 Å². The molecule has 0 amide bonds. The summed E-state index contributed by atoms with van der Waals surface area (Å²) in [5, 5.41) is 0. The van der Waals surface area contributed by atoms with Crippen LogP contribution in [0.2, 0.25) is 13.1 Å². The van der Waals surface area contributed by atoms with Gasteiger partial charge in [0.1, 0.15) is 0 Å². The second-order valence-corrected chi connectivity index (χ2v) is 50.4. The standard InChI is InChI=1S/C13H9.C10H9.C2H7Si.2ClH.Zr/c1-3-7-12-10(5-1)9-11-6-2-4-8-13(11)12;1-8-6-9-4-2-3-5-10(9)7-8;1-3-2;;;/h1-5,7-8H,9H2;2-7H,1H3;3H,1-2H3;2*1H;/q;;;;;+2/p-2. The Balaban J connectivity index is 1.79. The van der Waals surface area contributed by atoms with E-state index < -0.39 is 21.5 Å². The Kier molecular flexibility index (Phi) is 4.69. The van der Waals surface area contributed by atoms with E-state index in [0.29, 0.717) is 0 Å².